The minimum Gasteiger partial charge on any atom is -0.370 e. The highest BCUT2D eigenvalue weighted by atomic mass is 35.5. The zero-order valence-electron chi connectivity index (χ0n) is 16.7. The van der Waals surface area contributed by atoms with Crippen molar-refractivity contribution < 1.29 is 4.79 Å². The van der Waals surface area contributed by atoms with Gasteiger partial charge in [0.05, 0.1) is 11.4 Å². The monoisotopic (exact) mass is 407 g/mol. The first-order valence-corrected chi connectivity index (χ1v) is 11.0. The van der Waals surface area contributed by atoms with Crippen molar-refractivity contribution in [2.24, 2.45) is 5.92 Å². The van der Waals surface area contributed by atoms with Gasteiger partial charge in [0.25, 0.3) is 5.91 Å². The molecule has 4 nitrogen and oxygen atoms in total. The minimum atomic E-state index is -0.0894. The van der Waals surface area contributed by atoms with E-state index in [1.165, 1.54) is 35.9 Å². The van der Waals surface area contributed by atoms with Crippen LogP contribution in [0.3, 0.4) is 0 Å². The van der Waals surface area contributed by atoms with E-state index in [0.29, 0.717) is 16.5 Å². The van der Waals surface area contributed by atoms with E-state index in [9.17, 15) is 4.79 Å². The Kier molecular flexibility index (Phi) is 4.75. The average molecular weight is 408 g/mol. The highest BCUT2D eigenvalue weighted by Gasteiger charge is 2.21. The molecular formula is C24H26ClN3O. The van der Waals surface area contributed by atoms with Crippen LogP contribution in [0.2, 0.25) is 5.02 Å². The second-order valence-corrected chi connectivity index (χ2v) is 8.94. The third-order valence-electron chi connectivity index (χ3n) is 6.35. The standard InChI is InChI=1S/C24H26ClN3O/c1-15-4-7-20-18(12-15)19-13-16(5-8-21(19)26-20)24(29)27-22-14-17(25)6-9-23(22)28-10-2-3-11-28/h5-6,8-9,13-15,26H,2-4,7,10-12H2,1H3,(H,27,29). The Bertz CT molecular complexity index is 1080. The molecule has 2 N–H and O–H groups in total. The van der Waals surface area contributed by atoms with Crippen molar-refractivity contribution in [3.63, 3.8) is 0 Å². The summed E-state index contributed by atoms with van der Waals surface area (Å²) in [5.74, 6) is 0.599. The summed E-state index contributed by atoms with van der Waals surface area (Å²) in [5, 5.41) is 4.93. The average Bonchev–Trinajstić information content (AvgIpc) is 3.35. The number of benzene rings is 2. The number of nitrogens with zero attached hydrogens (tertiary/aromatic N) is 1. The molecule has 1 unspecified atom stereocenters. The Morgan fingerprint density at radius 1 is 1.17 bits per heavy atom. The second-order valence-electron chi connectivity index (χ2n) is 8.50. The molecule has 5 heteroatoms. The Balaban J connectivity index is 1.46. The van der Waals surface area contributed by atoms with Crippen molar-refractivity contribution >= 4 is 39.8 Å². The van der Waals surface area contributed by atoms with Crippen LogP contribution in [0.25, 0.3) is 10.9 Å². The smallest absolute Gasteiger partial charge is 0.255 e. The number of hydrogen-bond acceptors (Lipinski definition) is 2. The number of amides is 1. The summed E-state index contributed by atoms with van der Waals surface area (Å²) >= 11 is 6.24. The number of carbonyl (C=O) groups excluding carboxylic acids is 1. The fraction of sp³-hybridized carbons (Fsp3) is 0.375. The normalized spacial score (nSPS) is 18.8. The molecule has 2 aliphatic rings. The first-order chi connectivity index (χ1) is 14.1. The van der Waals surface area contributed by atoms with Crippen LogP contribution in [-0.2, 0) is 12.8 Å². The van der Waals surface area contributed by atoms with E-state index in [1.54, 1.807) is 0 Å². The van der Waals surface area contributed by atoms with E-state index in [1.807, 2.05) is 36.4 Å². The van der Waals surface area contributed by atoms with Crippen molar-refractivity contribution in [1.29, 1.82) is 0 Å². The SMILES string of the molecule is CC1CCc2[nH]c3ccc(C(=O)Nc4cc(Cl)ccc4N4CCCC4)cc3c2C1. The molecule has 1 atom stereocenters. The number of hydrogen-bond donors (Lipinski definition) is 2. The van der Waals surface area contributed by atoms with E-state index in [0.717, 1.165) is 42.8 Å². The molecular weight excluding hydrogens is 382 g/mol. The lowest BCUT2D eigenvalue weighted by Crippen LogP contribution is -2.21. The maximum atomic E-state index is 13.1. The predicted octanol–water partition coefficient (Wildman–Crippen LogP) is 5.80. The number of H-pyrrole nitrogens is 1. The highest BCUT2D eigenvalue weighted by Crippen LogP contribution is 2.34. The van der Waals surface area contributed by atoms with Gasteiger partial charge in [0, 0.05) is 40.3 Å². The molecule has 0 bridgehead atoms. The summed E-state index contributed by atoms with van der Waals surface area (Å²) in [6.45, 7) is 4.34. The summed E-state index contributed by atoms with van der Waals surface area (Å²) in [6.07, 6.45) is 5.76. The van der Waals surface area contributed by atoms with Crippen molar-refractivity contribution in [2.75, 3.05) is 23.3 Å². The molecule has 0 radical (unpaired) electrons. The summed E-state index contributed by atoms with van der Waals surface area (Å²) in [4.78, 5) is 19.0. The van der Waals surface area contributed by atoms with Gasteiger partial charge in [-0.3, -0.25) is 4.79 Å². The van der Waals surface area contributed by atoms with Crippen LogP contribution < -0.4 is 10.2 Å². The zero-order chi connectivity index (χ0) is 20.0. The van der Waals surface area contributed by atoms with Gasteiger partial charge in [-0.1, -0.05) is 18.5 Å². The summed E-state index contributed by atoms with van der Waals surface area (Å²) in [6, 6.07) is 11.7. The second kappa shape index (κ2) is 7.42. The summed E-state index contributed by atoms with van der Waals surface area (Å²) in [5.41, 5.74) is 6.37. The van der Waals surface area contributed by atoms with Gasteiger partial charge in [0.2, 0.25) is 0 Å². The quantitative estimate of drug-likeness (QED) is 0.576. The molecule has 1 fully saturated rings. The van der Waals surface area contributed by atoms with Gasteiger partial charge < -0.3 is 15.2 Å². The summed E-state index contributed by atoms with van der Waals surface area (Å²) in [7, 11) is 0. The lowest BCUT2D eigenvalue weighted by molar-refractivity contribution is 0.102. The maximum Gasteiger partial charge on any atom is 0.255 e. The number of carbonyl (C=O) groups is 1. The number of fused-ring (bicyclic) bond motifs is 3. The third kappa shape index (κ3) is 3.51. The number of aryl methyl sites for hydroxylation is 1. The molecule has 1 aliphatic heterocycles. The predicted molar refractivity (Wildman–Crippen MR) is 120 cm³/mol. The largest absolute Gasteiger partial charge is 0.370 e. The Morgan fingerprint density at radius 3 is 2.83 bits per heavy atom. The van der Waals surface area contributed by atoms with Gasteiger partial charge in [-0.05, 0) is 80.0 Å². The van der Waals surface area contributed by atoms with Crippen LogP contribution in [0.4, 0.5) is 11.4 Å². The number of aromatic nitrogens is 1. The number of anilines is 2. The topological polar surface area (TPSA) is 48.1 Å². The van der Waals surface area contributed by atoms with E-state index < -0.39 is 0 Å². The molecule has 2 aromatic carbocycles. The summed E-state index contributed by atoms with van der Waals surface area (Å²) < 4.78 is 0. The lowest BCUT2D eigenvalue weighted by Gasteiger charge is -2.22. The van der Waals surface area contributed by atoms with Crippen LogP contribution in [0.15, 0.2) is 36.4 Å². The van der Waals surface area contributed by atoms with Gasteiger partial charge in [-0.15, -0.1) is 0 Å². The van der Waals surface area contributed by atoms with Crippen molar-refractivity contribution in [3.8, 4) is 0 Å². The van der Waals surface area contributed by atoms with Gasteiger partial charge >= 0.3 is 0 Å². The van der Waals surface area contributed by atoms with Crippen LogP contribution in [0, 0.1) is 5.92 Å². The van der Waals surface area contributed by atoms with Gasteiger partial charge in [-0.25, -0.2) is 0 Å². The molecule has 1 aliphatic carbocycles. The molecule has 3 aromatic rings. The zero-order valence-corrected chi connectivity index (χ0v) is 17.5. The van der Waals surface area contributed by atoms with E-state index in [-0.39, 0.29) is 5.91 Å². The third-order valence-corrected chi connectivity index (χ3v) is 6.59. The number of nitrogens with one attached hydrogen (secondary N) is 2. The van der Waals surface area contributed by atoms with Crippen molar-refractivity contribution in [1.82, 2.24) is 4.98 Å². The molecule has 29 heavy (non-hydrogen) atoms. The number of halogens is 1. The van der Waals surface area contributed by atoms with E-state index in [2.05, 4.69) is 22.1 Å². The van der Waals surface area contributed by atoms with Crippen molar-refractivity contribution in [3.05, 3.63) is 58.2 Å². The first-order valence-electron chi connectivity index (χ1n) is 10.6. The highest BCUT2D eigenvalue weighted by molar-refractivity contribution is 6.31. The molecule has 1 saturated heterocycles. The van der Waals surface area contributed by atoms with Crippen LogP contribution in [0.1, 0.15) is 47.8 Å². The first kappa shape index (κ1) is 18.6. The Morgan fingerprint density at radius 2 is 2.00 bits per heavy atom. The van der Waals surface area contributed by atoms with Crippen LogP contribution >= 0.6 is 11.6 Å². The molecule has 5 rings (SSSR count). The molecule has 2 heterocycles. The number of rotatable bonds is 3. The van der Waals surface area contributed by atoms with Gasteiger partial charge in [0.15, 0.2) is 0 Å². The molecule has 1 aromatic heterocycles. The molecule has 0 saturated carbocycles. The molecule has 150 valence electrons. The minimum absolute atomic E-state index is 0.0894. The van der Waals surface area contributed by atoms with Gasteiger partial charge in [-0.2, -0.15) is 0 Å². The molecule has 0 spiro atoms. The Labute approximate surface area is 176 Å². The van der Waals surface area contributed by atoms with Crippen LogP contribution in [0.5, 0.6) is 0 Å². The van der Waals surface area contributed by atoms with E-state index in [4.69, 9.17) is 11.6 Å². The van der Waals surface area contributed by atoms with Crippen LogP contribution in [-0.4, -0.2) is 24.0 Å². The van der Waals surface area contributed by atoms with Gasteiger partial charge in [0.1, 0.15) is 0 Å². The fourth-order valence-electron chi connectivity index (χ4n) is 4.77. The Hall–Kier alpha value is -2.46. The van der Waals surface area contributed by atoms with E-state index >= 15 is 0 Å². The van der Waals surface area contributed by atoms with Crippen molar-refractivity contribution in [2.45, 2.75) is 39.0 Å². The lowest BCUT2D eigenvalue weighted by atomic mass is 9.87. The molecule has 1 amide bonds. The number of aromatic amines is 1. The maximum absolute atomic E-state index is 13.1. The fourth-order valence-corrected chi connectivity index (χ4v) is 4.94.